The van der Waals surface area contributed by atoms with Crippen molar-refractivity contribution in [1.82, 2.24) is 4.57 Å². The average Bonchev–Trinajstić information content (AvgIpc) is 2.66. The zero-order valence-electron chi connectivity index (χ0n) is 11.2. The van der Waals surface area contributed by atoms with E-state index < -0.39 is 0 Å². The maximum absolute atomic E-state index is 12.0. The van der Waals surface area contributed by atoms with Crippen LogP contribution >= 0.6 is 0 Å². The third-order valence-corrected chi connectivity index (χ3v) is 2.98. The Bertz CT molecular complexity index is 573. The highest BCUT2D eigenvalue weighted by Crippen LogP contribution is 2.21. The number of ether oxygens (including phenoxy) is 1. The SMILES string of the molecule is CCOC(=O)c1c(N)c(C)cn1Cc1ccccc1. The van der Waals surface area contributed by atoms with Crippen LogP contribution in [-0.4, -0.2) is 17.1 Å². The quantitative estimate of drug-likeness (QED) is 0.858. The minimum absolute atomic E-state index is 0.341. The maximum atomic E-state index is 12.0. The number of hydrogen-bond acceptors (Lipinski definition) is 3. The Morgan fingerprint density at radius 3 is 2.63 bits per heavy atom. The number of carbonyl (C=O) groups is 1. The molecule has 0 atom stereocenters. The number of benzene rings is 1. The van der Waals surface area contributed by atoms with Crippen molar-refractivity contribution in [3.8, 4) is 0 Å². The molecule has 2 rings (SSSR count). The molecule has 1 aromatic heterocycles. The van der Waals surface area contributed by atoms with Gasteiger partial charge < -0.3 is 15.0 Å². The van der Waals surface area contributed by atoms with Gasteiger partial charge in [0.05, 0.1) is 12.3 Å². The van der Waals surface area contributed by atoms with E-state index in [0.717, 1.165) is 11.1 Å². The molecule has 4 heteroatoms. The van der Waals surface area contributed by atoms with Gasteiger partial charge in [0, 0.05) is 12.7 Å². The van der Waals surface area contributed by atoms with Crippen molar-refractivity contribution in [2.45, 2.75) is 20.4 Å². The number of nitrogens with two attached hydrogens (primary N) is 1. The van der Waals surface area contributed by atoms with Gasteiger partial charge in [-0.3, -0.25) is 0 Å². The summed E-state index contributed by atoms with van der Waals surface area (Å²) < 4.78 is 6.91. The molecule has 0 aliphatic rings. The molecule has 0 unspecified atom stereocenters. The van der Waals surface area contributed by atoms with Gasteiger partial charge in [-0.1, -0.05) is 30.3 Å². The molecule has 0 bridgehead atoms. The molecule has 0 spiro atoms. The summed E-state index contributed by atoms with van der Waals surface area (Å²) in [5, 5.41) is 0. The summed E-state index contributed by atoms with van der Waals surface area (Å²) in [7, 11) is 0. The Morgan fingerprint density at radius 1 is 1.32 bits per heavy atom. The molecular formula is C15H18N2O2. The van der Waals surface area contributed by atoms with Crippen molar-refractivity contribution >= 4 is 11.7 Å². The van der Waals surface area contributed by atoms with Crippen molar-refractivity contribution in [3.63, 3.8) is 0 Å². The zero-order valence-corrected chi connectivity index (χ0v) is 11.2. The highest BCUT2D eigenvalue weighted by molar-refractivity contribution is 5.94. The van der Waals surface area contributed by atoms with Crippen molar-refractivity contribution < 1.29 is 9.53 Å². The standard InChI is InChI=1S/C15H18N2O2/c1-3-19-15(18)14-13(16)11(2)9-17(14)10-12-7-5-4-6-8-12/h4-9H,3,10,16H2,1-2H3. The largest absolute Gasteiger partial charge is 0.461 e. The Balaban J connectivity index is 2.35. The van der Waals surface area contributed by atoms with E-state index in [1.165, 1.54) is 0 Å². The summed E-state index contributed by atoms with van der Waals surface area (Å²) in [6.45, 7) is 4.62. The first-order chi connectivity index (χ1) is 9.13. The van der Waals surface area contributed by atoms with Gasteiger partial charge in [-0.2, -0.15) is 0 Å². The van der Waals surface area contributed by atoms with Crippen LogP contribution in [0.3, 0.4) is 0 Å². The van der Waals surface area contributed by atoms with Crippen molar-refractivity contribution in [3.05, 3.63) is 53.3 Å². The van der Waals surface area contributed by atoms with Crippen LogP contribution in [-0.2, 0) is 11.3 Å². The molecule has 0 saturated heterocycles. The van der Waals surface area contributed by atoms with Gasteiger partial charge in [-0.25, -0.2) is 4.79 Å². The topological polar surface area (TPSA) is 57.2 Å². The predicted octanol–water partition coefficient (Wildman–Crippen LogP) is 2.60. The number of nitrogens with zero attached hydrogens (tertiary/aromatic N) is 1. The molecule has 1 heterocycles. The van der Waals surface area contributed by atoms with Crippen LogP contribution in [0.5, 0.6) is 0 Å². The van der Waals surface area contributed by atoms with Gasteiger partial charge in [0.15, 0.2) is 5.69 Å². The second kappa shape index (κ2) is 5.61. The van der Waals surface area contributed by atoms with E-state index in [9.17, 15) is 4.79 Å². The predicted molar refractivity (Wildman–Crippen MR) is 75.1 cm³/mol. The Kier molecular flexibility index (Phi) is 3.90. The van der Waals surface area contributed by atoms with E-state index in [4.69, 9.17) is 10.5 Å². The number of aromatic nitrogens is 1. The first kappa shape index (κ1) is 13.2. The summed E-state index contributed by atoms with van der Waals surface area (Å²) in [5.41, 5.74) is 8.90. The van der Waals surface area contributed by atoms with Crippen molar-refractivity contribution in [2.24, 2.45) is 0 Å². The monoisotopic (exact) mass is 258 g/mol. The number of rotatable bonds is 4. The van der Waals surface area contributed by atoms with Gasteiger partial charge in [-0.15, -0.1) is 0 Å². The van der Waals surface area contributed by atoms with Gasteiger partial charge in [0.1, 0.15) is 0 Å². The van der Waals surface area contributed by atoms with Gasteiger partial charge in [-0.05, 0) is 25.0 Å². The first-order valence-corrected chi connectivity index (χ1v) is 6.29. The van der Waals surface area contributed by atoms with Gasteiger partial charge >= 0.3 is 5.97 Å². The molecule has 0 fully saturated rings. The summed E-state index contributed by atoms with van der Waals surface area (Å²) >= 11 is 0. The highest BCUT2D eigenvalue weighted by Gasteiger charge is 2.19. The van der Waals surface area contributed by atoms with Crippen LogP contribution in [0.25, 0.3) is 0 Å². The normalized spacial score (nSPS) is 10.4. The van der Waals surface area contributed by atoms with Crippen molar-refractivity contribution in [1.29, 1.82) is 0 Å². The van der Waals surface area contributed by atoms with E-state index >= 15 is 0 Å². The molecule has 2 N–H and O–H groups in total. The summed E-state index contributed by atoms with van der Waals surface area (Å²) in [5.74, 6) is -0.371. The average molecular weight is 258 g/mol. The number of carbonyl (C=O) groups excluding carboxylic acids is 1. The molecule has 0 radical (unpaired) electrons. The molecule has 1 aromatic carbocycles. The number of anilines is 1. The lowest BCUT2D eigenvalue weighted by Gasteiger charge is -2.09. The van der Waals surface area contributed by atoms with Crippen LogP contribution < -0.4 is 5.73 Å². The molecule has 4 nitrogen and oxygen atoms in total. The molecule has 0 amide bonds. The molecule has 0 saturated carbocycles. The summed E-state index contributed by atoms with van der Waals surface area (Å²) in [4.78, 5) is 12.0. The fourth-order valence-corrected chi connectivity index (χ4v) is 2.04. The van der Waals surface area contributed by atoms with Crippen molar-refractivity contribution in [2.75, 3.05) is 12.3 Å². The molecule has 0 aliphatic heterocycles. The first-order valence-electron chi connectivity index (χ1n) is 6.29. The lowest BCUT2D eigenvalue weighted by molar-refractivity contribution is 0.0516. The third-order valence-electron chi connectivity index (χ3n) is 2.98. The van der Waals surface area contributed by atoms with Gasteiger partial charge in [0.25, 0.3) is 0 Å². The lowest BCUT2D eigenvalue weighted by atomic mass is 10.2. The fraction of sp³-hybridized carbons (Fsp3) is 0.267. The minimum atomic E-state index is -0.371. The Morgan fingerprint density at radius 2 is 2.00 bits per heavy atom. The maximum Gasteiger partial charge on any atom is 0.357 e. The fourth-order valence-electron chi connectivity index (χ4n) is 2.04. The van der Waals surface area contributed by atoms with Crippen LogP contribution in [0.4, 0.5) is 5.69 Å². The van der Waals surface area contributed by atoms with Crippen LogP contribution in [0.1, 0.15) is 28.5 Å². The number of nitrogen functional groups attached to an aromatic ring is 1. The number of aryl methyl sites for hydroxylation is 1. The van der Waals surface area contributed by atoms with E-state index in [-0.39, 0.29) is 5.97 Å². The second-order valence-electron chi connectivity index (χ2n) is 4.41. The third kappa shape index (κ3) is 2.78. The van der Waals surface area contributed by atoms with Crippen LogP contribution in [0.2, 0.25) is 0 Å². The van der Waals surface area contributed by atoms with Gasteiger partial charge in [0.2, 0.25) is 0 Å². The van der Waals surface area contributed by atoms with E-state index in [1.807, 2.05) is 48.0 Å². The number of esters is 1. The van der Waals surface area contributed by atoms with Crippen LogP contribution in [0.15, 0.2) is 36.5 Å². The molecule has 0 aliphatic carbocycles. The highest BCUT2D eigenvalue weighted by atomic mass is 16.5. The summed E-state index contributed by atoms with van der Waals surface area (Å²) in [6.07, 6.45) is 1.88. The smallest absolute Gasteiger partial charge is 0.357 e. The summed E-state index contributed by atoms with van der Waals surface area (Å²) in [6, 6.07) is 9.93. The Labute approximate surface area is 112 Å². The number of hydrogen-bond donors (Lipinski definition) is 1. The molecule has 19 heavy (non-hydrogen) atoms. The van der Waals surface area contributed by atoms with Crippen LogP contribution in [0, 0.1) is 6.92 Å². The molecular weight excluding hydrogens is 240 g/mol. The van der Waals surface area contributed by atoms with E-state index in [0.29, 0.717) is 24.5 Å². The molecule has 2 aromatic rings. The zero-order chi connectivity index (χ0) is 13.8. The molecule has 100 valence electrons. The minimum Gasteiger partial charge on any atom is -0.461 e. The lowest BCUT2D eigenvalue weighted by Crippen LogP contribution is -2.14. The Hall–Kier alpha value is -2.23. The second-order valence-corrected chi connectivity index (χ2v) is 4.41. The van der Waals surface area contributed by atoms with E-state index in [2.05, 4.69) is 0 Å². The van der Waals surface area contributed by atoms with E-state index in [1.54, 1.807) is 6.92 Å².